The molecule has 3 rings (SSSR count). The van der Waals surface area contributed by atoms with Gasteiger partial charge in [-0.2, -0.15) is 0 Å². The maximum atomic E-state index is 12.6. The molecule has 1 N–H and O–H groups in total. The van der Waals surface area contributed by atoms with Crippen LogP contribution in [-0.2, 0) is 22.8 Å². The molecule has 1 heterocycles. The lowest BCUT2D eigenvalue weighted by atomic mass is 10.1. The highest BCUT2D eigenvalue weighted by atomic mass is 32.2. The van der Waals surface area contributed by atoms with Crippen molar-refractivity contribution in [1.82, 2.24) is 14.8 Å². The topological polar surface area (TPSA) is 84.8 Å². The van der Waals surface area contributed by atoms with E-state index in [4.69, 9.17) is 0 Å². The van der Waals surface area contributed by atoms with E-state index in [9.17, 15) is 13.2 Å². The smallest absolute Gasteiger partial charge is 0.266 e. The third-order valence-corrected chi connectivity index (χ3v) is 6.18. The van der Waals surface area contributed by atoms with Crippen LogP contribution < -0.4 is 5.69 Å². The minimum absolute atomic E-state index is 0.0859. The van der Waals surface area contributed by atoms with Crippen molar-refractivity contribution in [2.45, 2.75) is 43.8 Å². The van der Waals surface area contributed by atoms with Crippen LogP contribution in [0, 0.1) is 5.92 Å². The van der Waals surface area contributed by atoms with Gasteiger partial charge in [-0.3, -0.25) is 4.57 Å². The van der Waals surface area contributed by atoms with Crippen LogP contribution >= 0.6 is 0 Å². The quantitative estimate of drug-likeness (QED) is 0.872. The molecule has 1 aromatic heterocycles. The SMILES string of the molecule is O=c1[nH]nc(S(=O)(=O)CC2CCCC2)n1CCc1ccccc1. The molecule has 0 aliphatic heterocycles. The van der Waals surface area contributed by atoms with Crippen LogP contribution in [0.15, 0.2) is 40.3 Å². The molecule has 6 nitrogen and oxygen atoms in total. The molecule has 1 aliphatic rings. The zero-order valence-electron chi connectivity index (χ0n) is 12.9. The molecule has 0 saturated heterocycles. The summed E-state index contributed by atoms with van der Waals surface area (Å²) in [6.07, 6.45) is 4.64. The third kappa shape index (κ3) is 3.72. The van der Waals surface area contributed by atoms with Gasteiger partial charge in [0.2, 0.25) is 15.0 Å². The maximum absolute atomic E-state index is 12.6. The summed E-state index contributed by atoms with van der Waals surface area (Å²) in [6.45, 7) is 0.304. The number of aryl methyl sites for hydroxylation is 1. The fourth-order valence-corrected chi connectivity index (χ4v) is 4.98. The van der Waals surface area contributed by atoms with E-state index < -0.39 is 15.5 Å². The summed E-state index contributed by atoms with van der Waals surface area (Å²) in [4.78, 5) is 11.9. The first-order valence-corrected chi connectivity index (χ1v) is 9.63. The van der Waals surface area contributed by atoms with Crippen molar-refractivity contribution in [2.75, 3.05) is 5.75 Å². The Morgan fingerprint density at radius 2 is 1.87 bits per heavy atom. The van der Waals surface area contributed by atoms with Gasteiger partial charge in [-0.25, -0.2) is 18.3 Å². The number of sulfone groups is 1. The van der Waals surface area contributed by atoms with E-state index in [1.165, 1.54) is 4.57 Å². The highest BCUT2D eigenvalue weighted by molar-refractivity contribution is 7.91. The van der Waals surface area contributed by atoms with Crippen molar-refractivity contribution in [2.24, 2.45) is 5.92 Å². The molecular formula is C16H21N3O3S. The highest BCUT2D eigenvalue weighted by Gasteiger charge is 2.28. The van der Waals surface area contributed by atoms with Gasteiger partial charge in [0.15, 0.2) is 0 Å². The lowest BCUT2D eigenvalue weighted by Crippen LogP contribution is -2.24. The van der Waals surface area contributed by atoms with Crippen LogP contribution in [0.1, 0.15) is 31.2 Å². The predicted octanol–water partition coefficient (Wildman–Crippen LogP) is 1.78. The summed E-state index contributed by atoms with van der Waals surface area (Å²) in [7, 11) is -3.54. The van der Waals surface area contributed by atoms with Gasteiger partial charge in [0, 0.05) is 6.54 Å². The van der Waals surface area contributed by atoms with Gasteiger partial charge in [0.1, 0.15) is 0 Å². The largest absolute Gasteiger partial charge is 0.344 e. The minimum atomic E-state index is -3.54. The second kappa shape index (κ2) is 6.70. The summed E-state index contributed by atoms with van der Waals surface area (Å²) in [5, 5.41) is 5.94. The first-order valence-electron chi connectivity index (χ1n) is 7.98. The van der Waals surface area contributed by atoms with E-state index in [1.54, 1.807) is 0 Å². The van der Waals surface area contributed by atoms with Crippen LogP contribution in [0.5, 0.6) is 0 Å². The predicted molar refractivity (Wildman–Crippen MR) is 87.0 cm³/mol. The van der Waals surface area contributed by atoms with Crippen LogP contribution in [0.4, 0.5) is 0 Å². The molecule has 7 heteroatoms. The van der Waals surface area contributed by atoms with Crippen LogP contribution in [-0.4, -0.2) is 28.9 Å². The molecule has 124 valence electrons. The van der Waals surface area contributed by atoms with Gasteiger partial charge >= 0.3 is 5.69 Å². The van der Waals surface area contributed by atoms with Gasteiger partial charge in [0.05, 0.1) is 5.75 Å². The normalized spacial score (nSPS) is 16.0. The van der Waals surface area contributed by atoms with Gasteiger partial charge < -0.3 is 0 Å². The molecule has 0 spiro atoms. The minimum Gasteiger partial charge on any atom is -0.266 e. The molecule has 1 saturated carbocycles. The van der Waals surface area contributed by atoms with E-state index in [2.05, 4.69) is 10.2 Å². The first kappa shape index (κ1) is 16.0. The molecule has 0 radical (unpaired) electrons. The lowest BCUT2D eigenvalue weighted by molar-refractivity contribution is 0.532. The Kier molecular flexibility index (Phi) is 4.66. The summed E-state index contributed by atoms with van der Waals surface area (Å²) in [5.74, 6) is 0.275. The number of aromatic nitrogens is 3. The summed E-state index contributed by atoms with van der Waals surface area (Å²) in [5.41, 5.74) is 0.589. The molecule has 0 unspecified atom stereocenters. The van der Waals surface area contributed by atoms with Crippen LogP contribution in [0.3, 0.4) is 0 Å². The number of rotatable bonds is 6. The van der Waals surface area contributed by atoms with Gasteiger partial charge in [-0.1, -0.05) is 43.2 Å². The Labute approximate surface area is 135 Å². The number of hydrogen-bond donors (Lipinski definition) is 1. The van der Waals surface area contributed by atoms with Crippen LogP contribution in [0.2, 0.25) is 0 Å². The molecule has 0 amide bonds. The fraction of sp³-hybridized carbons (Fsp3) is 0.500. The second-order valence-electron chi connectivity index (χ2n) is 6.13. The van der Waals surface area contributed by atoms with Crippen molar-refractivity contribution in [3.05, 3.63) is 46.4 Å². The van der Waals surface area contributed by atoms with Crippen LogP contribution in [0.25, 0.3) is 0 Å². The van der Waals surface area contributed by atoms with Crippen molar-refractivity contribution in [1.29, 1.82) is 0 Å². The zero-order valence-corrected chi connectivity index (χ0v) is 13.8. The van der Waals surface area contributed by atoms with Crippen molar-refractivity contribution >= 4 is 9.84 Å². The number of H-pyrrole nitrogens is 1. The summed E-state index contributed by atoms with van der Waals surface area (Å²) in [6, 6.07) is 9.68. The molecular weight excluding hydrogens is 314 g/mol. The maximum Gasteiger partial charge on any atom is 0.344 e. The molecule has 2 aromatic rings. The average molecular weight is 335 g/mol. The molecule has 23 heavy (non-hydrogen) atoms. The van der Waals surface area contributed by atoms with E-state index in [0.29, 0.717) is 13.0 Å². The number of benzene rings is 1. The fourth-order valence-electron chi connectivity index (χ4n) is 3.19. The Balaban J connectivity index is 1.79. The van der Waals surface area contributed by atoms with Gasteiger partial charge in [-0.15, -0.1) is 5.10 Å². The molecule has 0 bridgehead atoms. The van der Waals surface area contributed by atoms with Crippen molar-refractivity contribution < 1.29 is 8.42 Å². The lowest BCUT2D eigenvalue weighted by Gasteiger charge is -2.10. The Morgan fingerprint density at radius 3 is 2.57 bits per heavy atom. The zero-order chi connectivity index (χ0) is 16.3. The number of aromatic amines is 1. The summed E-state index contributed by atoms with van der Waals surface area (Å²) >= 11 is 0. The molecule has 0 atom stereocenters. The Hall–Kier alpha value is -1.89. The number of nitrogens with one attached hydrogen (secondary N) is 1. The second-order valence-corrected chi connectivity index (χ2v) is 8.06. The van der Waals surface area contributed by atoms with E-state index in [1.807, 2.05) is 30.3 Å². The number of hydrogen-bond acceptors (Lipinski definition) is 4. The monoisotopic (exact) mass is 335 g/mol. The van der Waals surface area contributed by atoms with Gasteiger partial charge in [-0.05, 0) is 30.7 Å². The highest BCUT2D eigenvalue weighted by Crippen LogP contribution is 2.27. The molecule has 1 aromatic carbocycles. The van der Waals surface area contributed by atoms with E-state index in [-0.39, 0.29) is 16.8 Å². The van der Waals surface area contributed by atoms with E-state index >= 15 is 0 Å². The van der Waals surface area contributed by atoms with Crippen molar-refractivity contribution in [3.8, 4) is 0 Å². The average Bonchev–Trinajstić information content (AvgIpc) is 3.16. The Bertz CT molecular complexity index is 803. The third-order valence-electron chi connectivity index (χ3n) is 4.40. The number of nitrogens with zero attached hydrogens (tertiary/aromatic N) is 2. The van der Waals surface area contributed by atoms with E-state index in [0.717, 1.165) is 31.2 Å². The molecule has 1 aliphatic carbocycles. The first-order chi connectivity index (χ1) is 11.1. The van der Waals surface area contributed by atoms with Crippen molar-refractivity contribution in [3.63, 3.8) is 0 Å². The Morgan fingerprint density at radius 1 is 1.17 bits per heavy atom. The molecule has 1 fully saturated rings. The standard InChI is InChI=1S/C16H21N3O3S/c20-15-17-18-16(23(21,22)12-14-8-4-5-9-14)19(15)11-10-13-6-2-1-3-7-13/h1-3,6-7,14H,4-5,8-12H2,(H,17,20). The van der Waals surface area contributed by atoms with Gasteiger partial charge in [0.25, 0.3) is 0 Å². The summed E-state index contributed by atoms with van der Waals surface area (Å²) < 4.78 is 26.4.